The number of hydrogen-bond donors (Lipinski definition) is 3. The van der Waals surface area contributed by atoms with Crippen molar-refractivity contribution in [1.29, 1.82) is 0 Å². The van der Waals surface area contributed by atoms with Gasteiger partial charge in [-0.1, -0.05) is 30.2 Å². The van der Waals surface area contributed by atoms with Crippen molar-refractivity contribution < 1.29 is 45.8 Å². The molecule has 1 fully saturated rings. The Morgan fingerprint density at radius 2 is 1.77 bits per heavy atom. The molecule has 0 unspecified atom stereocenters. The maximum Gasteiger partial charge on any atom is 0.573 e. The zero-order valence-corrected chi connectivity index (χ0v) is 22.1. The first kappa shape index (κ1) is 30.9. The van der Waals surface area contributed by atoms with E-state index in [1.54, 1.807) is 12.1 Å². The molecule has 0 radical (unpaired) electrons. The Bertz CT molecular complexity index is 1570. The van der Waals surface area contributed by atoms with Crippen molar-refractivity contribution in [2.45, 2.75) is 37.7 Å². The lowest BCUT2D eigenvalue weighted by molar-refractivity contribution is -0.274. The van der Waals surface area contributed by atoms with Crippen LogP contribution in [-0.2, 0) is 17.4 Å². The molecule has 4 N–H and O–H groups in total. The predicted molar refractivity (Wildman–Crippen MR) is 140 cm³/mol. The topological polar surface area (TPSA) is 131 Å². The van der Waals surface area contributed by atoms with E-state index < -0.39 is 47.5 Å². The van der Waals surface area contributed by atoms with Crippen LogP contribution in [0.3, 0.4) is 0 Å². The molecule has 43 heavy (non-hydrogen) atoms. The van der Waals surface area contributed by atoms with Gasteiger partial charge in [0.1, 0.15) is 11.3 Å². The minimum atomic E-state index is -5.10. The Labute approximate surface area is 240 Å². The fourth-order valence-electron chi connectivity index (χ4n) is 4.49. The molecular formula is C28H23F6N5O4. The van der Waals surface area contributed by atoms with E-state index in [4.69, 9.17) is 10.8 Å². The number of nitrogens with zero attached hydrogens (tertiary/aromatic N) is 3. The predicted octanol–water partition coefficient (Wildman–Crippen LogP) is 5.42. The first-order valence-corrected chi connectivity index (χ1v) is 12.7. The molecule has 0 aliphatic carbocycles. The number of nitrogens with two attached hydrogens (primary N) is 1. The smallest absolute Gasteiger partial charge is 0.465 e. The molecule has 0 saturated carbocycles. The fourth-order valence-corrected chi connectivity index (χ4v) is 4.49. The SMILES string of the molecule is NC(=O)Cc1ccccc1C#Cc1nc(Nc2ccc(C3CCN(C(=O)O)CC3)cc2OC(F)(F)F)ncc1C(F)(F)F. The molecule has 226 valence electrons. The number of carboxylic acid groups (broad SMARTS) is 1. The molecule has 0 spiro atoms. The molecule has 1 aliphatic rings. The monoisotopic (exact) mass is 607 g/mol. The molecule has 15 heteroatoms. The quantitative estimate of drug-likeness (QED) is 0.252. The van der Waals surface area contributed by atoms with Gasteiger partial charge in [0.15, 0.2) is 5.75 Å². The van der Waals surface area contributed by atoms with Crippen LogP contribution in [0.25, 0.3) is 0 Å². The third-order valence-electron chi connectivity index (χ3n) is 6.51. The highest BCUT2D eigenvalue weighted by Gasteiger charge is 2.36. The van der Waals surface area contributed by atoms with E-state index in [1.807, 2.05) is 0 Å². The van der Waals surface area contributed by atoms with Crippen LogP contribution in [0.2, 0.25) is 0 Å². The van der Waals surface area contributed by atoms with Gasteiger partial charge in [0.25, 0.3) is 0 Å². The van der Waals surface area contributed by atoms with Gasteiger partial charge >= 0.3 is 18.6 Å². The summed E-state index contributed by atoms with van der Waals surface area (Å²) >= 11 is 0. The minimum Gasteiger partial charge on any atom is -0.465 e. The lowest BCUT2D eigenvalue weighted by atomic mass is 9.89. The number of carbonyl (C=O) groups excluding carboxylic acids is 1. The molecular weight excluding hydrogens is 584 g/mol. The van der Waals surface area contributed by atoms with Gasteiger partial charge in [0.05, 0.1) is 12.1 Å². The van der Waals surface area contributed by atoms with E-state index >= 15 is 0 Å². The Morgan fingerprint density at radius 3 is 2.40 bits per heavy atom. The van der Waals surface area contributed by atoms with Crippen molar-refractivity contribution in [3.05, 3.63) is 76.6 Å². The lowest BCUT2D eigenvalue weighted by Gasteiger charge is -2.30. The van der Waals surface area contributed by atoms with Crippen molar-refractivity contribution in [3.8, 4) is 17.6 Å². The number of anilines is 2. The Morgan fingerprint density at radius 1 is 1.07 bits per heavy atom. The zero-order valence-electron chi connectivity index (χ0n) is 22.1. The normalized spacial score (nSPS) is 14.0. The third-order valence-corrected chi connectivity index (χ3v) is 6.51. The van der Waals surface area contributed by atoms with Gasteiger partial charge < -0.3 is 25.8 Å². The number of hydrogen-bond acceptors (Lipinski definition) is 6. The van der Waals surface area contributed by atoms with E-state index in [0.717, 1.165) is 6.07 Å². The van der Waals surface area contributed by atoms with Crippen molar-refractivity contribution in [2.24, 2.45) is 5.73 Å². The molecule has 0 atom stereocenters. The second-order valence-corrected chi connectivity index (χ2v) is 9.48. The molecule has 2 aromatic carbocycles. The Balaban J connectivity index is 1.67. The number of halogens is 6. The highest BCUT2D eigenvalue weighted by molar-refractivity contribution is 5.77. The molecule has 1 saturated heterocycles. The van der Waals surface area contributed by atoms with E-state index in [2.05, 4.69) is 31.9 Å². The van der Waals surface area contributed by atoms with Crippen molar-refractivity contribution in [2.75, 3.05) is 18.4 Å². The van der Waals surface area contributed by atoms with Gasteiger partial charge in [-0.05, 0) is 54.0 Å². The van der Waals surface area contributed by atoms with Gasteiger partial charge in [-0.15, -0.1) is 13.2 Å². The summed E-state index contributed by atoms with van der Waals surface area (Å²) in [6, 6.07) is 10.1. The van der Waals surface area contributed by atoms with Gasteiger partial charge in [0, 0.05) is 24.8 Å². The van der Waals surface area contributed by atoms with Crippen LogP contribution in [0.5, 0.6) is 5.75 Å². The van der Waals surface area contributed by atoms with Crippen molar-refractivity contribution in [3.63, 3.8) is 0 Å². The average molecular weight is 608 g/mol. The van der Waals surface area contributed by atoms with Crippen LogP contribution in [0.1, 0.15) is 46.7 Å². The summed E-state index contributed by atoms with van der Waals surface area (Å²) in [4.78, 5) is 31.2. The minimum absolute atomic E-state index is 0.200. The number of alkyl halides is 6. The van der Waals surface area contributed by atoms with Gasteiger partial charge in [-0.2, -0.15) is 13.2 Å². The van der Waals surface area contributed by atoms with E-state index in [9.17, 15) is 35.9 Å². The van der Waals surface area contributed by atoms with Gasteiger partial charge in [0.2, 0.25) is 11.9 Å². The molecule has 2 amide bonds. The number of likely N-dealkylation sites (tertiary alicyclic amines) is 1. The number of benzene rings is 2. The summed E-state index contributed by atoms with van der Waals surface area (Å²) in [6.45, 7) is 0.400. The number of carbonyl (C=O) groups is 2. The van der Waals surface area contributed by atoms with Crippen LogP contribution in [0, 0.1) is 11.8 Å². The number of rotatable bonds is 6. The second-order valence-electron chi connectivity index (χ2n) is 9.48. The summed E-state index contributed by atoms with van der Waals surface area (Å²) in [7, 11) is 0. The Hall–Kier alpha value is -5.00. The summed E-state index contributed by atoms with van der Waals surface area (Å²) < 4.78 is 85.1. The van der Waals surface area contributed by atoms with Crippen molar-refractivity contribution >= 4 is 23.6 Å². The molecule has 4 rings (SSSR count). The zero-order chi connectivity index (χ0) is 31.4. The van der Waals surface area contributed by atoms with Crippen LogP contribution < -0.4 is 15.8 Å². The molecule has 1 aliphatic heterocycles. The number of amides is 2. The van der Waals surface area contributed by atoms with Gasteiger partial charge in [-0.3, -0.25) is 4.79 Å². The Kier molecular flexibility index (Phi) is 8.98. The van der Waals surface area contributed by atoms with Crippen LogP contribution in [-0.4, -0.2) is 51.4 Å². The maximum absolute atomic E-state index is 13.7. The number of aromatic nitrogens is 2. The summed E-state index contributed by atoms with van der Waals surface area (Å²) in [5, 5.41) is 11.6. The first-order valence-electron chi connectivity index (χ1n) is 12.7. The highest BCUT2D eigenvalue weighted by Crippen LogP contribution is 2.38. The van der Waals surface area contributed by atoms with Crippen LogP contribution in [0.15, 0.2) is 48.7 Å². The largest absolute Gasteiger partial charge is 0.573 e. The fraction of sp³-hybridized carbons (Fsp3) is 0.286. The molecule has 2 heterocycles. The number of nitrogens with one attached hydrogen (secondary N) is 1. The number of piperidine rings is 1. The van der Waals surface area contributed by atoms with Crippen LogP contribution >= 0.6 is 0 Å². The second kappa shape index (κ2) is 12.5. The van der Waals surface area contributed by atoms with E-state index in [1.165, 1.54) is 29.2 Å². The van der Waals surface area contributed by atoms with Crippen molar-refractivity contribution in [1.82, 2.24) is 14.9 Å². The standard InChI is InChI=1S/C28H23F6N5O4/c29-27(30,31)20-15-36-25(37-21(20)7-5-16-3-1-2-4-18(16)14-24(35)40)38-22-8-6-19(13-23(22)43-28(32,33)34)17-9-11-39(12-10-17)26(41)42/h1-4,6,8,13,15,17H,9-12,14H2,(H2,35,40)(H,41,42)(H,36,37,38). The van der Waals surface area contributed by atoms with Gasteiger partial charge in [-0.25, -0.2) is 14.8 Å². The summed E-state index contributed by atoms with van der Waals surface area (Å²) in [6.07, 6.45) is -10.1. The molecule has 9 nitrogen and oxygen atoms in total. The number of primary amides is 1. The van der Waals surface area contributed by atoms with Crippen LogP contribution in [0.4, 0.5) is 42.8 Å². The summed E-state index contributed by atoms with van der Waals surface area (Å²) in [5.41, 5.74) is 3.97. The molecule has 0 bridgehead atoms. The maximum atomic E-state index is 13.7. The highest BCUT2D eigenvalue weighted by atomic mass is 19.4. The number of ether oxygens (including phenoxy) is 1. The third kappa shape index (κ3) is 8.28. The first-order chi connectivity index (χ1) is 20.2. The summed E-state index contributed by atoms with van der Waals surface area (Å²) in [5.74, 6) is 2.78. The molecule has 3 aromatic rings. The van der Waals surface area contributed by atoms with E-state index in [-0.39, 0.29) is 36.7 Å². The average Bonchev–Trinajstić information content (AvgIpc) is 2.92. The van der Waals surface area contributed by atoms with E-state index in [0.29, 0.717) is 30.2 Å². The lowest BCUT2D eigenvalue weighted by Crippen LogP contribution is -2.36. The molecule has 1 aromatic heterocycles.